The quantitative estimate of drug-likeness (QED) is 0.247. The molecule has 27 heavy (non-hydrogen) atoms. The van der Waals surface area contributed by atoms with Crippen molar-refractivity contribution in [2.24, 2.45) is 4.99 Å². The molecule has 0 atom stereocenters. The van der Waals surface area contributed by atoms with Gasteiger partial charge in [-0.25, -0.2) is 0 Å². The van der Waals surface area contributed by atoms with Crippen LogP contribution in [0.15, 0.2) is 29.3 Å². The van der Waals surface area contributed by atoms with E-state index in [1.807, 2.05) is 19.2 Å². The van der Waals surface area contributed by atoms with E-state index in [0.29, 0.717) is 13.2 Å². The molecule has 0 aliphatic carbocycles. The molecule has 0 aromatic heterocycles. The molecule has 1 aliphatic rings. The molecule has 1 saturated heterocycles. The van der Waals surface area contributed by atoms with Gasteiger partial charge < -0.3 is 29.3 Å². The maximum atomic E-state index is 5.48. The average molecular weight is 492 g/mol. The summed E-state index contributed by atoms with van der Waals surface area (Å²) in [6.45, 7) is 6.71. The lowest BCUT2D eigenvalue weighted by Crippen LogP contribution is -2.52. The fourth-order valence-corrected chi connectivity index (χ4v) is 2.93. The highest BCUT2D eigenvalue weighted by molar-refractivity contribution is 14.0. The molecule has 8 heteroatoms. The van der Waals surface area contributed by atoms with Crippen LogP contribution in [0.2, 0.25) is 0 Å². The SMILES string of the molecule is CN=C(NCCCOCCOC)N1CCN(c2cccc(OC)c2)CC1.I. The topological polar surface area (TPSA) is 58.6 Å². The van der Waals surface area contributed by atoms with Gasteiger partial charge in [0.25, 0.3) is 0 Å². The number of aliphatic imine (C=N–C) groups is 1. The normalized spacial score (nSPS) is 14.7. The van der Waals surface area contributed by atoms with Gasteiger partial charge in [0.2, 0.25) is 0 Å². The average Bonchev–Trinajstić information content (AvgIpc) is 2.70. The Morgan fingerprint density at radius 3 is 2.56 bits per heavy atom. The number of guanidine groups is 1. The Morgan fingerprint density at radius 1 is 1.11 bits per heavy atom. The Balaban J connectivity index is 0.00000364. The van der Waals surface area contributed by atoms with Crippen molar-refractivity contribution >= 4 is 35.6 Å². The zero-order valence-electron chi connectivity index (χ0n) is 16.6. The molecule has 0 spiro atoms. The number of nitrogens with zero attached hydrogens (tertiary/aromatic N) is 3. The van der Waals surface area contributed by atoms with Gasteiger partial charge in [0.05, 0.1) is 20.3 Å². The number of nitrogens with one attached hydrogen (secondary N) is 1. The number of rotatable bonds is 9. The molecule has 0 radical (unpaired) electrons. The third-order valence-electron chi connectivity index (χ3n) is 4.39. The fourth-order valence-electron chi connectivity index (χ4n) is 2.93. The Hall–Kier alpha value is -1.26. The van der Waals surface area contributed by atoms with Crippen LogP contribution in [0.25, 0.3) is 0 Å². The second kappa shape index (κ2) is 13.8. The van der Waals surface area contributed by atoms with Gasteiger partial charge in [-0.15, -0.1) is 24.0 Å². The van der Waals surface area contributed by atoms with Crippen molar-refractivity contribution in [2.45, 2.75) is 6.42 Å². The monoisotopic (exact) mass is 492 g/mol. The summed E-state index contributed by atoms with van der Waals surface area (Å²) in [5, 5.41) is 3.43. The number of halogens is 1. The lowest BCUT2D eigenvalue weighted by atomic mass is 10.2. The van der Waals surface area contributed by atoms with E-state index in [1.54, 1.807) is 14.2 Å². The second-order valence-corrected chi connectivity index (χ2v) is 6.11. The van der Waals surface area contributed by atoms with Crippen molar-refractivity contribution in [3.63, 3.8) is 0 Å². The highest BCUT2D eigenvalue weighted by Gasteiger charge is 2.19. The molecule has 1 aliphatic heterocycles. The summed E-state index contributed by atoms with van der Waals surface area (Å²) in [6, 6.07) is 8.24. The van der Waals surface area contributed by atoms with Gasteiger partial charge in [-0.05, 0) is 18.6 Å². The Labute approximate surface area is 180 Å². The summed E-state index contributed by atoms with van der Waals surface area (Å²) < 4.78 is 15.8. The lowest BCUT2D eigenvalue weighted by molar-refractivity contribution is 0.0698. The smallest absolute Gasteiger partial charge is 0.193 e. The first-order valence-corrected chi connectivity index (χ1v) is 9.19. The van der Waals surface area contributed by atoms with E-state index < -0.39 is 0 Å². The van der Waals surface area contributed by atoms with Crippen molar-refractivity contribution in [3.05, 3.63) is 24.3 Å². The summed E-state index contributed by atoms with van der Waals surface area (Å²) in [4.78, 5) is 9.11. The number of anilines is 1. The molecule has 154 valence electrons. The van der Waals surface area contributed by atoms with Crippen LogP contribution in [0, 0.1) is 0 Å². The zero-order valence-corrected chi connectivity index (χ0v) is 19.0. The number of hydrogen-bond acceptors (Lipinski definition) is 5. The van der Waals surface area contributed by atoms with Crippen LogP contribution in [-0.4, -0.2) is 84.7 Å². The molecule has 2 rings (SSSR count). The summed E-state index contributed by atoms with van der Waals surface area (Å²) >= 11 is 0. The van der Waals surface area contributed by atoms with E-state index in [9.17, 15) is 0 Å². The summed E-state index contributed by atoms with van der Waals surface area (Å²) in [7, 11) is 5.23. The van der Waals surface area contributed by atoms with Crippen molar-refractivity contribution in [3.8, 4) is 5.75 Å². The van der Waals surface area contributed by atoms with Crippen molar-refractivity contribution in [1.82, 2.24) is 10.2 Å². The molecule has 0 unspecified atom stereocenters. The van der Waals surface area contributed by atoms with E-state index >= 15 is 0 Å². The molecule has 1 fully saturated rings. The summed E-state index contributed by atoms with van der Waals surface area (Å²) in [5.41, 5.74) is 1.21. The Bertz CT molecular complexity index is 552. The van der Waals surface area contributed by atoms with E-state index in [-0.39, 0.29) is 24.0 Å². The summed E-state index contributed by atoms with van der Waals surface area (Å²) in [6.07, 6.45) is 0.951. The van der Waals surface area contributed by atoms with Gasteiger partial charge in [0.15, 0.2) is 5.96 Å². The molecule has 1 heterocycles. The highest BCUT2D eigenvalue weighted by Crippen LogP contribution is 2.22. The zero-order chi connectivity index (χ0) is 18.6. The molecular weight excluding hydrogens is 459 g/mol. The van der Waals surface area contributed by atoms with Gasteiger partial charge in [-0.3, -0.25) is 4.99 Å². The Morgan fingerprint density at radius 2 is 1.89 bits per heavy atom. The first-order valence-electron chi connectivity index (χ1n) is 9.19. The minimum Gasteiger partial charge on any atom is -0.497 e. The van der Waals surface area contributed by atoms with Gasteiger partial charge in [0, 0.05) is 65.2 Å². The maximum absolute atomic E-state index is 5.48. The van der Waals surface area contributed by atoms with Gasteiger partial charge in [-0.2, -0.15) is 0 Å². The van der Waals surface area contributed by atoms with Crippen molar-refractivity contribution < 1.29 is 14.2 Å². The van der Waals surface area contributed by atoms with E-state index in [1.165, 1.54) is 5.69 Å². The fraction of sp³-hybridized carbons (Fsp3) is 0.632. The number of benzene rings is 1. The predicted molar refractivity (Wildman–Crippen MR) is 121 cm³/mol. The standard InChI is InChI=1S/C19H32N4O3.HI/c1-20-19(21-8-5-13-26-15-14-24-2)23-11-9-22(10-12-23)17-6-4-7-18(16-17)25-3;/h4,6-7,16H,5,8-15H2,1-3H3,(H,20,21);1H. The minimum absolute atomic E-state index is 0. The minimum atomic E-state index is 0. The Kier molecular flexibility index (Phi) is 12.2. The van der Waals surface area contributed by atoms with Crippen LogP contribution in [0.1, 0.15) is 6.42 Å². The molecule has 0 saturated carbocycles. The second-order valence-electron chi connectivity index (χ2n) is 6.11. The van der Waals surface area contributed by atoms with Crippen LogP contribution in [-0.2, 0) is 9.47 Å². The molecule has 0 amide bonds. The van der Waals surface area contributed by atoms with E-state index in [2.05, 4.69) is 32.2 Å². The first kappa shape index (κ1) is 23.8. The number of hydrogen-bond donors (Lipinski definition) is 1. The summed E-state index contributed by atoms with van der Waals surface area (Å²) in [5.74, 6) is 1.86. The van der Waals surface area contributed by atoms with Crippen molar-refractivity contribution in [1.29, 1.82) is 0 Å². The third kappa shape index (κ3) is 8.10. The third-order valence-corrected chi connectivity index (χ3v) is 4.39. The molecule has 0 bridgehead atoms. The van der Waals surface area contributed by atoms with Gasteiger partial charge >= 0.3 is 0 Å². The van der Waals surface area contributed by atoms with Crippen LogP contribution in [0.3, 0.4) is 0 Å². The molecule has 1 N–H and O–H groups in total. The number of methoxy groups -OCH3 is 2. The first-order chi connectivity index (χ1) is 12.8. The highest BCUT2D eigenvalue weighted by atomic mass is 127. The van der Waals surface area contributed by atoms with Gasteiger partial charge in [0.1, 0.15) is 5.75 Å². The maximum Gasteiger partial charge on any atom is 0.193 e. The van der Waals surface area contributed by atoms with E-state index in [4.69, 9.17) is 14.2 Å². The van der Waals surface area contributed by atoms with Crippen LogP contribution >= 0.6 is 24.0 Å². The molecule has 1 aromatic carbocycles. The number of piperazine rings is 1. The van der Waals surface area contributed by atoms with Crippen LogP contribution < -0.4 is 15.0 Å². The van der Waals surface area contributed by atoms with Crippen molar-refractivity contribution in [2.75, 3.05) is 78.7 Å². The van der Waals surface area contributed by atoms with E-state index in [0.717, 1.165) is 57.5 Å². The molecule has 1 aromatic rings. The molecular formula is C19H33IN4O3. The lowest BCUT2D eigenvalue weighted by Gasteiger charge is -2.37. The van der Waals surface area contributed by atoms with Gasteiger partial charge in [-0.1, -0.05) is 6.07 Å². The largest absolute Gasteiger partial charge is 0.497 e. The van der Waals surface area contributed by atoms with Crippen LogP contribution in [0.5, 0.6) is 5.75 Å². The molecule has 7 nitrogen and oxygen atoms in total. The van der Waals surface area contributed by atoms with Crippen LogP contribution in [0.4, 0.5) is 5.69 Å². The predicted octanol–water partition coefficient (Wildman–Crippen LogP) is 2.06. The number of ether oxygens (including phenoxy) is 3.